The second kappa shape index (κ2) is 6.26. The third kappa shape index (κ3) is 3.28. The summed E-state index contributed by atoms with van der Waals surface area (Å²) in [6.07, 6.45) is 2.31. The number of piperidine rings is 1. The van der Waals surface area contributed by atoms with Gasteiger partial charge in [0, 0.05) is 18.0 Å². The minimum atomic E-state index is -0.934. The van der Waals surface area contributed by atoms with Crippen LogP contribution in [0.4, 0.5) is 0 Å². The van der Waals surface area contributed by atoms with E-state index in [2.05, 4.69) is 22.1 Å². The molecule has 0 aliphatic carbocycles. The molecule has 2 heterocycles. The highest BCUT2D eigenvalue weighted by Gasteiger charge is 2.21. The maximum atomic E-state index is 10.8. The van der Waals surface area contributed by atoms with Crippen LogP contribution in [0.2, 0.25) is 0 Å². The van der Waals surface area contributed by atoms with Crippen molar-refractivity contribution >= 4 is 17.3 Å². The topological polar surface area (TPSA) is 65.5 Å². The fourth-order valence-electron chi connectivity index (χ4n) is 2.36. The summed E-state index contributed by atoms with van der Waals surface area (Å²) in [6, 6.07) is 0.589. The number of rotatable bonds is 5. The molecule has 1 aliphatic rings. The summed E-state index contributed by atoms with van der Waals surface area (Å²) in [4.78, 5) is 17.3. The van der Waals surface area contributed by atoms with E-state index in [0.29, 0.717) is 6.04 Å². The lowest BCUT2D eigenvalue weighted by Crippen LogP contribution is -2.42. The van der Waals surface area contributed by atoms with Crippen LogP contribution in [0.5, 0.6) is 0 Å². The van der Waals surface area contributed by atoms with Crippen molar-refractivity contribution < 1.29 is 9.90 Å². The summed E-state index contributed by atoms with van der Waals surface area (Å²) in [7, 11) is 0. The van der Waals surface area contributed by atoms with Gasteiger partial charge in [0.05, 0.1) is 5.69 Å². The maximum absolute atomic E-state index is 10.8. The van der Waals surface area contributed by atoms with Crippen molar-refractivity contribution in [2.45, 2.75) is 32.4 Å². The Morgan fingerprint density at radius 3 is 2.89 bits per heavy atom. The summed E-state index contributed by atoms with van der Waals surface area (Å²) >= 11 is 1.21. The standard InChI is InChI=1S/C12H19N3O2S/c1-2-15(10-3-5-13-6-4-10)7-9-8-18-11(14-9)12(16)17/h8,10,13H,2-7H2,1H3,(H,16,17). The van der Waals surface area contributed by atoms with Gasteiger partial charge in [-0.3, -0.25) is 4.90 Å². The van der Waals surface area contributed by atoms with Crippen LogP contribution in [0.3, 0.4) is 0 Å². The Morgan fingerprint density at radius 1 is 1.61 bits per heavy atom. The van der Waals surface area contributed by atoms with E-state index in [9.17, 15) is 4.79 Å². The summed E-state index contributed by atoms with van der Waals surface area (Å²) < 4.78 is 0. The summed E-state index contributed by atoms with van der Waals surface area (Å²) in [5.41, 5.74) is 0.873. The number of carboxylic acid groups (broad SMARTS) is 1. The zero-order valence-electron chi connectivity index (χ0n) is 10.6. The van der Waals surface area contributed by atoms with Crippen LogP contribution >= 0.6 is 11.3 Å². The highest BCUT2D eigenvalue weighted by Crippen LogP contribution is 2.17. The highest BCUT2D eigenvalue weighted by atomic mass is 32.1. The first-order chi connectivity index (χ1) is 8.70. The Balaban J connectivity index is 1.97. The van der Waals surface area contributed by atoms with Crippen molar-refractivity contribution in [1.29, 1.82) is 0 Å². The lowest BCUT2D eigenvalue weighted by molar-refractivity contribution is 0.0696. The van der Waals surface area contributed by atoms with E-state index >= 15 is 0 Å². The molecule has 5 nitrogen and oxygen atoms in total. The van der Waals surface area contributed by atoms with Gasteiger partial charge in [0.25, 0.3) is 0 Å². The summed E-state index contributed by atoms with van der Waals surface area (Å²) in [5, 5.41) is 14.3. The van der Waals surface area contributed by atoms with E-state index in [4.69, 9.17) is 5.11 Å². The van der Waals surface area contributed by atoms with Gasteiger partial charge in [0.2, 0.25) is 5.01 Å². The van der Waals surface area contributed by atoms with E-state index in [1.165, 1.54) is 11.3 Å². The molecule has 1 fully saturated rings. The normalized spacial score (nSPS) is 17.2. The molecule has 1 aromatic rings. The van der Waals surface area contributed by atoms with Gasteiger partial charge < -0.3 is 10.4 Å². The van der Waals surface area contributed by atoms with Crippen molar-refractivity contribution in [2.24, 2.45) is 0 Å². The molecule has 0 aromatic carbocycles. The summed E-state index contributed by atoms with van der Waals surface area (Å²) in [5.74, 6) is -0.934. The number of hydrogen-bond donors (Lipinski definition) is 2. The molecule has 2 N–H and O–H groups in total. The molecule has 0 saturated carbocycles. The second-order valence-corrected chi connectivity index (χ2v) is 5.35. The molecule has 18 heavy (non-hydrogen) atoms. The monoisotopic (exact) mass is 269 g/mol. The smallest absolute Gasteiger partial charge is 0.365 e. The Hall–Kier alpha value is -0.980. The molecular weight excluding hydrogens is 250 g/mol. The molecule has 1 saturated heterocycles. The van der Waals surface area contributed by atoms with Crippen LogP contribution in [-0.4, -0.2) is 46.6 Å². The van der Waals surface area contributed by atoms with Gasteiger partial charge in [-0.2, -0.15) is 0 Å². The quantitative estimate of drug-likeness (QED) is 0.846. The lowest BCUT2D eigenvalue weighted by atomic mass is 10.0. The average molecular weight is 269 g/mol. The number of aromatic nitrogens is 1. The van der Waals surface area contributed by atoms with Crippen LogP contribution in [0.1, 0.15) is 35.3 Å². The predicted octanol–water partition coefficient (Wildman–Crippen LogP) is 1.42. The number of hydrogen-bond acceptors (Lipinski definition) is 5. The largest absolute Gasteiger partial charge is 0.476 e. The van der Waals surface area contributed by atoms with Crippen LogP contribution in [0.25, 0.3) is 0 Å². The number of nitrogens with one attached hydrogen (secondary N) is 1. The fraction of sp³-hybridized carbons (Fsp3) is 0.667. The SMILES string of the molecule is CCN(Cc1csc(C(=O)O)n1)C1CCNCC1. The third-order valence-electron chi connectivity index (χ3n) is 3.33. The number of carbonyl (C=O) groups is 1. The van der Waals surface area contributed by atoms with Crippen molar-refractivity contribution in [1.82, 2.24) is 15.2 Å². The van der Waals surface area contributed by atoms with Crippen molar-refractivity contribution in [2.75, 3.05) is 19.6 Å². The number of carboxylic acids is 1. The Morgan fingerprint density at radius 2 is 2.33 bits per heavy atom. The molecule has 0 amide bonds. The Bertz CT molecular complexity index is 402. The van der Waals surface area contributed by atoms with Crippen LogP contribution in [0, 0.1) is 0 Å². The number of aromatic carboxylic acids is 1. The van der Waals surface area contributed by atoms with Gasteiger partial charge in [0.15, 0.2) is 0 Å². The molecular formula is C12H19N3O2S. The molecule has 0 radical (unpaired) electrons. The van der Waals surface area contributed by atoms with E-state index in [1.807, 2.05) is 5.38 Å². The number of nitrogens with zero attached hydrogens (tertiary/aromatic N) is 2. The first kappa shape index (κ1) is 13.5. The van der Waals surface area contributed by atoms with E-state index in [-0.39, 0.29) is 5.01 Å². The minimum absolute atomic E-state index is 0.186. The van der Waals surface area contributed by atoms with Crippen molar-refractivity contribution in [3.05, 3.63) is 16.1 Å². The van der Waals surface area contributed by atoms with Gasteiger partial charge in [-0.25, -0.2) is 9.78 Å². The molecule has 2 rings (SSSR count). The van der Waals surface area contributed by atoms with E-state index < -0.39 is 5.97 Å². The summed E-state index contributed by atoms with van der Waals surface area (Å²) in [6.45, 7) is 6.01. The van der Waals surface area contributed by atoms with Gasteiger partial charge in [-0.05, 0) is 32.5 Å². The molecule has 0 spiro atoms. The molecule has 0 unspecified atom stereocenters. The van der Waals surface area contributed by atoms with Crippen molar-refractivity contribution in [3.8, 4) is 0 Å². The second-order valence-electron chi connectivity index (χ2n) is 4.49. The van der Waals surface area contributed by atoms with E-state index in [0.717, 1.165) is 44.7 Å². The number of thiazole rings is 1. The van der Waals surface area contributed by atoms with Gasteiger partial charge in [-0.15, -0.1) is 11.3 Å². The molecule has 1 aromatic heterocycles. The van der Waals surface area contributed by atoms with Gasteiger partial charge >= 0.3 is 5.97 Å². The molecule has 100 valence electrons. The zero-order chi connectivity index (χ0) is 13.0. The third-order valence-corrected chi connectivity index (χ3v) is 4.21. The molecule has 6 heteroatoms. The van der Waals surface area contributed by atoms with Crippen LogP contribution in [0.15, 0.2) is 5.38 Å². The lowest BCUT2D eigenvalue weighted by Gasteiger charge is -2.33. The highest BCUT2D eigenvalue weighted by molar-refractivity contribution is 7.11. The molecule has 1 aliphatic heterocycles. The molecule has 0 bridgehead atoms. The fourth-order valence-corrected chi connectivity index (χ4v) is 3.00. The van der Waals surface area contributed by atoms with Gasteiger partial charge in [0.1, 0.15) is 0 Å². The van der Waals surface area contributed by atoms with Crippen molar-refractivity contribution in [3.63, 3.8) is 0 Å². The first-order valence-electron chi connectivity index (χ1n) is 6.33. The average Bonchev–Trinajstić information content (AvgIpc) is 2.86. The predicted molar refractivity (Wildman–Crippen MR) is 71.0 cm³/mol. The Labute approximate surface area is 111 Å². The zero-order valence-corrected chi connectivity index (χ0v) is 11.4. The van der Waals surface area contributed by atoms with Crippen LogP contribution in [-0.2, 0) is 6.54 Å². The molecule has 0 atom stereocenters. The van der Waals surface area contributed by atoms with Gasteiger partial charge in [-0.1, -0.05) is 6.92 Å². The Kier molecular flexibility index (Phi) is 4.68. The van der Waals surface area contributed by atoms with E-state index in [1.54, 1.807) is 0 Å². The van der Waals surface area contributed by atoms with Crippen LogP contribution < -0.4 is 5.32 Å². The minimum Gasteiger partial charge on any atom is -0.476 e. The maximum Gasteiger partial charge on any atom is 0.365 e. The first-order valence-corrected chi connectivity index (χ1v) is 7.21.